The van der Waals surface area contributed by atoms with Crippen LogP contribution in [0, 0.1) is 5.41 Å². The van der Waals surface area contributed by atoms with Crippen molar-refractivity contribution >= 4 is 5.91 Å². The van der Waals surface area contributed by atoms with Gasteiger partial charge in [0.05, 0.1) is 11.4 Å². The van der Waals surface area contributed by atoms with Crippen LogP contribution in [0.3, 0.4) is 0 Å². The van der Waals surface area contributed by atoms with Gasteiger partial charge >= 0.3 is 6.18 Å². The first-order chi connectivity index (χ1) is 13.5. The number of hydrogen-bond acceptors (Lipinski definition) is 2. The molecule has 1 saturated heterocycles. The molecule has 1 aromatic heterocycles. The second-order valence-electron chi connectivity index (χ2n) is 9.12. The number of halogens is 3. The molecule has 4 nitrogen and oxygen atoms in total. The molecule has 2 aliphatic rings. The van der Waals surface area contributed by atoms with Crippen LogP contribution in [0.4, 0.5) is 13.2 Å². The minimum absolute atomic E-state index is 0.0786. The highest BCUT2D eigenvalue weighted by Gasteiger charge is 2.48. The molecule has 0 saturated carbocycles. The lowest BCUT2D eigenvalue weighted by molar-refractivity contribution is -0.143. The molecule has 156 valence electrons. The Morgan fingerprint density at radius 1 is 1.07 bits per heavy atom. The highest BCUT2D eigenvalue weighted by molar-refractivity contribution is 5.77. The van der Waals surface area contributed by atoms with E-state index in [0.29, 0.717) is 49.5 Å². The van der Waals surface area contributed by atoms with Crippen molar-refractivity contribution in [3.05, 3.63) is 47.8 Å². The van der Waals surface area contributed by atoms with Crippen molar-refractivity contribution in [2.24, 2.45) is 5.41 Å². The normalized spacial score (nSPS) is 18.2. The highest BCUT2D eigenvalue weighted by atomic mass is 19.4. The molecule has 0 unspecified atom stereocenters. The van der Waals surface area contributed by atoms with Gasteiger partial charge < -0.3 is 14.2 Å². The summed E-state index contributed by atoms with van der Waals surface area (Å²) in [5, 5.41) is 0. The third-order valence-electron chi connectivity index (χ3n) is 5.65. The Morgan fingerprint density at radius 2 is 1.72 bits per heavy atom. The fourth-order valence-corrected chi connectivity index (χ4v) is 4.31. The number of carbonyl (C=O) groups is 1. The van der Waals surface area contributed by atoms with Crippen LogP contribution < -0.4 is 4.74 Å². The molecule has 0 N–H and O–H groups in total. The number of hydrogen-bond donors (Lipinski definition) is 0. The number of aromatic nitrogens is 1. The van der Waals surface area contributed by atoms with Gasteiger partial charge in [-0.2, -0.15) is 13.2 Å². The van der Waals surface area contributed by atoms with E-state index in [0.717, 1.165) is 6.07 Å². The Balaban J connectivity index is 1.68. The van der Waals surface area contributed by atoms with Crippen LogP contribution in [-0.4, -0.2) is 28.5 Å². The molecule has 2 aromatic rings. The molecule has 1 amide bonds. The molecular formula is C22H25F3N2O2. The second kappa shape index (κ2) is 6.54. The van der Waals surface area contributed by atoms with Crippen LogP contribution >= 0.6 is 0 Å². The van der Waals surface area contributed by atoms with Gasteiger partial charge in [-0.25, -0.2) is 0 Å². The van der Waals surface area contributed by atoms with E-state index in [1.807, 2.05) is 20.8 Å². The molecular weight excluding hydrogens is 381 g/mol. The van der Waals surface area contributed by atoms with Gasteiger partial charge in [-0.15, -0.1) is 0 Å². The van der Waals surface area contributed by atoms with Crippen molar-refractivity contribution in [3.63, 3.8) is 0 Å². The number of amides is 1. The third kappa shape index (κ3) is 3.51. The van der Waals surface area contributed by atoms with Crippen molar-refractivity contribution in [2.45, 2.75) is 51.8 Å². The molecule has 1 fully saturated rings. The van der Waals surface area contributed by atoms with Crippen LogP contribution in [0.2, 0.25) is 0 Å². The zero-order chi connectivity index (χ0) is 21.0. The molecule has 1 spiro atoms. The van der Waals surface area contributed by atoms with E-state index in [1.54, 1.807) is 29.2 Å². The molecule has 1 aromatic carbocycles. The lowest BCUT2D eigenvalue weighted by atomic mass is 9.85. The van der Waals surface area contributed by atoms with Gasteiger partial charge in [0.1, 0.15) is 11.4 Å². The molecule has 0 aliphatic carbocycles. The molecule has 0 radical (unpaired) electrons. The predicted octanol–water partition coefficient (Wildman–Crippen LogP) is 5.14. The van der Waals surface area contributed by atoms with E-state index in [1.165, 1.54) is 10.6 Å². The number of likely N-dealkylation sites (tertiary alicyclic amines) is 1. The number of fused-ring (bicyclic) bond motifs is 4. The maximum atomic E-state index is 13.7. The first-order valence-corrected chi connectivity index (χ1v) is 9.86. The maximum absolute atomic E-state index is 13.7. The Kier molecular flexibility index (Phi) is 4.48. The topological polar surface area (TPSA) is 34.5 Å². The summed E-state index contributed by atoms with van der Waals surface area (Å²) in [6.45, 7) is 6.97. The summed E-state index contributed by atoms with van der Waals surface area (Å²) in [7, 11) is 0. The summed E-state index contributed by atoms with van der Waals surface area (Å²) in [6.07, 6.45) is -3.11. The van der Waals surface area contributed by atoms with E-state index in [2.05, 4.69) is 0 Å². The summed E-state index contributed by atoms with van der Waals surface area (Å²) >= 11 is 0. The monoisotopic (exact) mass is 406 g/mol. The van der Waals surface area contributed by atoms with Gasteiger partial charge in [0.2, 0.25) is 5.91 Å². The van der Waals surface area contributed by atoms with Crippen molar-refractivity contribution in [2.75, 3.05) is 13.1 Å². The zero-order valence-corrected chi connectivity index (χ0v) is 16.8. The first kappa shape index (κ1) is 19.9. The predicted molar refractivity (Wildman–Crippen MR) is 103 cm³/mol. The largest absolute Gasteiger partial charge is 0.479 e. The van der Waals surface area contributed by atoms with E-state index in [9.17, 15) is 18.0 Å². The average Bonchev–Trinajstić information content (AvgIpc) is 3.08. The third-order valence-corrected chi connectivity index (χ3v) is 5.65. The first-order valence-electron chi connectivity index (χ1n) is 9.86. The lowest BCUT2D eigenvalue weighted by Crippen LogP contribution is -2.50. The SMILES string of the molecule is CC(C)(C)CC(=O)N1CCC2(CC1)Oc1ccccc1-n1c(C(F)(F)F)ccc12. The maximum Gasteiger partial charge on any atom is 0.431 e. The number of benzene rings is 1. The smallest absolute Gasteiger partial charge is 0.431 e. The zero-order valence-electron chi connectivity index (χ0n) is 16.8. The van der Waals surface area contributed by atoms with Gasteiger partial charge in [0.25, 0.3) is 0 Å². The molecule has 4 rings (SSSR count). The number of alkyl halides is 3. The van der Waals surface area contributed by atoms with Crippen LogP contribution in [0.5, 0.6) is 5.75 Å². The average molecular weight is 406 g/mol. The number of carbonyl (C=O) groups excluding carboxylic acids is 1. The van der Waals surface area contributed by atoms with E-state index < -0.39 is 17.5 Å². The van der Waals surface area contributed by atoms with Crippen molar-refractivity contribution in [1.82, 2.24) is 9.47 Å². The summed E-state index contributed by atoms with van der Waals surface area (Å²) in [6, 6.07) is 9.46. The molecule has 0 bridgehead atoms. The van der Waals surface area contributed by atoms with Crippen LogP contribution in [-0.2, 0) is 16.6 Å². The number of ether oxygens (including phenoxy) is 1. The number of piperidine rings is 1. The fourth-order valence-electron chi connectivity index (χ4n) is 4.31. The second-order valence-corrected chi connectivity index (χ2v) is 9.12. The summed E-state index contributed by atoms with van der Waals surface area (Å²) in [4.78, 5) is 14.4. The molecule has 3 heterocycles. The van der Waals surface area contributed by atoms with Crippen molar-refractivity contribution in [1.29, 1.82) is 0 Å². The van der Waals surface area contributed by atoms with Crippen LogP contribution in [0.15, 0.2) is 36.4 Å². The van der Waals surface area contributed by atoms with Crippen LogP contribution in [0.1, 0.15) is 51.4 Å². The lowest BCUT2D eigenvalue weighted by Gasteiger charge is -2.45. The van der Waals surface area contributed by atoms with Gasteiger partial charge in [-0.1, -0.05) is 32.9 Å². The minimum Gasteiger partial charge on any atom is -0.479 e. The summed E-state index contributed by atoms with van der Waals surface area (Å²) < 4.78 is 48.6. The Labute approximate surface area is 168 Å². The van der Waals surface area contributed by atoms with E-state index in [-0.39, 0.29) is 11.3 Å². The Hall–Kier alpha value is -2.44. The van der Waals surface area contributed by atoms with Crippen molar-refractivity contribution < 1.29 is 22.7 Å². The molecule has 2 aliphatic heterocycles. The molecule has 7 heteroatoms. The Morgan fingerprint density at radius 3 is 2.34 bits per heavy atom. The number of rotatable bonds is 1. The van der Waals surface area contributed by atoms with Crippen LogP contribution in [0.25, 0.3) is 5.69 Å². The highest BCUT2D eigenvalue weighted by Crippen LogP contribution is 2.48. The standard InChI is InChI=1S/C22H25F3N2O2/c1-20(2,3)14-19(28)26-12-10-21(11-13-26)17-8-9-18(22(23,24)25)27(17)15-6-4-5-7-16(15)29-21/h4-9H,10-14H2,1-3H3. The van der Waals surface area contributed by atoms with E-state index >= 15 is 0 Å². The number of para-hydroxylation sites is 2. The van der Waals surface area contributed by atoms with Gasteiger partial charge in [-0.05, 0) is 29.7 Å². The summed E-state index contributed by atoms with van der Waals surface area (Å²) in [5.41, 5.74) is -0.767. The fraction of sp³-hybridized carbons (Fsp3) is 0.500. The van der Waals surface area contributed by atoms with Gasteiger partial charge in [0, 0.05) is 32.4 Å². The van der Waals surface area contributed by atoms with Crippen molar-refractivity contribution in [3.8, 4) is 11.4 Å². The summed E-state index contributed by atoms with van der Waals surface area (Å²) in [5.74, 6) is 0.520. The minimum atomic E-state index is -4.47. The molecule has 29 heavy (non-hydrogen) atoms. The Bertz CT molecular complexity index is 932. The van der Waals surface area contributed by atoms with Gasteiger partial charge in [0.15, 0.2) is 5.60 Å². The van der Waals surface area contributed by atoms with E-state index in [4.69, 9.17) is 4.74 Å². The quantitative estimate of drug-likeness (QED) is 0.657. The molecule has 0 atom stereocenters. The number of nitrogens with zero attached hydrogens (tertiary/aromatic N) is 2. The van der Waals surface area contributed by atoms with Gasteiger partial charge in [-0.3, -0.25) is 4.79 Å².